The Morgan fingerprint density at radius 1 is 1.70 bits per heavy atom. The molecule has 110 valence electrons. The topological polar surface area (TPSA) is 60.5 Å². The molecule has 1 amide bonds. The van der Waals surface area contributed by atoms with E-state index in [1.807, 2.05) is 24.5 Å². The summed E-state index contributed by atoms with van der Waals surface area (Å²) < 4.78 is 11.3. The van der Waals surface area contributed by atoms with Crippen molar-refractivity contribution in [1.82, 2.24) is 10.3 Å². The van der Waals surface area contributed by atoms with E-state index in [-0.39, 0.29) is 18.1 Å². The molecule has 2 rings (SSSR count). The summed E-state index contributed by atoms with van der Waals surface area (Å²) in [5.74, 6) is 0.000795. The van der Waals surface area contributed by atoms with E-state index >= 15 is 0 Å². The molecule has 1 saturated heterocycles. The Hall–Kier alpha value is -1.24. The lowest BCUT2D eigenvalue weighted by atomic mass is 10.1. The highest BCUT2D eigenvalue weighted by atomic mass is 32.1. The quantitative estimate of drug-likeness (QED) is 0.815. The van der Waals surface area contributed by atoms with Crippen LogP contribution in [0.4, 0.5) is 0 Å². The number of carbonyl (C=O) groups is 1. The van der Waals surface area contributed by atoms with E-state index < -0.39 is 0 Å². The van der Waals surface area contributed by atoms with E-state index in [2.05, 4.69) is 10.3 Å². The molecule has 5 nitrogen and oxygen atoms in total. The predicted molar refractivity (Wildman–Crippen MR) is 77.5 cm³/mol. The molecule has 0 saturated carbocycles. The summed E-state index contributed by atoms with van der Waals surface area (Å²) in [6, 6.07) is -0.0832. The van der Waals surface area contributed by atoms with Gasteiger partial charge in [0.1, 0.15) is 0 Å². The maximum Gasteiger partial charge on any atom is 0.224 e. The number of carbonyl (C=O) groups excluding carboxylic acids is 1. The maximum atomic E-state index is 11.8. The van der Waals surface area contributed by atoms with E-state index in [4.69, 9.17) is 9.47 Å². The van der Waals surface area contributed by atoms with Gasteiger partial charge in [0.05, 0.1) is 36.6 Å². The van der Waals surface area contributed by atoms with E-state index in [1.54, 1.807) is 16.8 Å². The van der Waals surface area contributed by atoms with Crippen LogP contribution >= 0.6 is 11.3 Å². The summed E-state index contributed by atoms with van der Waals surface area (Å²) in [5, 5.41) is 4.95. The lowest BCUT2D eigenvalue weighted by molar-refractivity contribution is -0.125. The molecule has 2 atom stereocenters. The van der Waals surface area contributed by atoms with Crippen molar-refractivity contribution in [2.75, 3.05) is 13.2 Å². The highest BCUT2D eigenvalue weighted by molar-refractivity contribution is 7.07. The lowest BCUT2D eigenvalue weighted by Crippen LogP contribution is -2.50. The molecule has 0 aliphatic carbocycles. The number of ether oxygens (including phenoxy) is 2. The van der Waals surface area contributed by atoms with Crippen LogP contribution in [-0.2, 0) is 20.9 Å². The van der Waals surface area contributed by atoms with Gasteiger partial charge in [-0.25, -0.2) is 4.98 Å². The number of nitrogens with zero attached hydrogens (tertiary/aromatic N) is 1. The zero-order chi connectivity index (χ0) is 14.2. The van der Waals surface area contributed by atoms with Crippen molar-refractivity contribution in [1.29, 1.82) is 0 Å². The van der Waals surface area contributed by atoms with Gasteiger partial charge in [-0.15, -0.1) is 11.3 Å². The van der Waals surface area contributed by atoms with Crippen LogP contribution in [0.15, 0.2) is 23.0 Å². The van der Waals surface area contributed by atoms with Gasteiger partial charge in [0, 0.05) is 18.4 Å². The van der Waals surface area contributed by atoms with Crippen LogP contribution in [0.2, 0.25) is 0 Å². The minimum Gasteiger partial charge on any atom is -0.379 e. The largest absolute Gasteiger partial charge is 0.379 e. The number of hydrogen-bond acceptors (Lipinski definition) is 5. The summed E-state index contributed by atoms with van der Waals surface area (Å²) in [4.78, 5) is 16.0. The molecule has 2 heterocycles. The van der Waals surface area contributed by atoms with Crippen molar-refractivity contribution in [2.45, 2.75) is 38.5 Å². The maximum absolute atomic E-state index is 11.8. The molecule has 6 heteroatoms. The second-order valence-corrected chi connectivity index (χ2v) is 5.36. The van der Waals surface area contributed by atoms with Gasteiger partial charge in [-0.3, -0.25) is 4.79 Å². The third kappa shape index (κ3) is 4.70. The van der Waals surface area contributed by atoms with Gasteiger partial charge in [-0.1, -0.05) is 12.2 Å². The zero-order valence-electron chi connectivity index (χ0n) is 11.6. The first-order valence-corrected chi connectivity index (χ1v) is 7.71. The molecule has 0 aromatic carbocycles. The first-order valence-electron chi connectivity index (χ1n) is 6.76. The Morgan fingerprint density at radius 3 is 3.35 bits per heavy atom. The van der Waals surface area contributed by atoms with Gasteiger partial charge in [0.25, 0.3) is 0 Å². The number of rotatable bonds is 6. The van der Waals surface area contributed by atoms with Crippen LogP contribution < -0.4 is 5.32 Å². The molecule has 1 aromatic rings. The molecule has 0 bridgehead atoms. The molecule has 1 aliphatic rings. The molecule has 20 heavy (non-hydrogen) atoms. The number of hydrogen-bond donors (Lipinski definition) is 1. The summed E-state index contributed by atoms with van der Waals surface area (Å²) in [5.41, 5.74) is 2.72. The Labute approximate surface area is 123 Å². The summed E-state index contributed by atoms with van der Waals surface area (Å²) in [7, 11) is 0. The fourth-order valence-corrected chi connectivity index (χ4v) is 2.59. The van der Waals surface area contributed by atoms with Crippen LogP contribution in [0.3, 0.4) is 0 Å². The monoisotopic (exact) mass is 296 g/mol. The molecule has 0 radical (unpaired) electrons. The Bertz CT molecular complexity index is 434. The number of aromatic nitrogens is 1. The fraction of sp³-hybridized carbons (Fsp3) is 0.571. The minimum absolute atomic E-state index is 0.000795. The molecular weight excluding hydrogens is 276 g/mol. The second-order valence-electron chi connectivity index (χ2n) is 4.64. The summed E-state index contributed by atoms with van der Waals surface area (Å²) in [6.07, 6.45) is 4.88. The number of allylic oxidation sites excluding steroid dienone is 1. The van der Waals surface area contributed by atoms with Gasteiger partial charge in [0.15, 0.2) is 0 Å². The highest BCUT2D eigenvalue weighted by Crippen LogP contribution is 2.14. The van der Waals surface area contributed by atoms with Crippen LogP contribution in [0, 0.1) is 0 Å². The van der Waals surface area contributed by atoms with Gasteiger partial charge < -0.3 is 14.8 Å². The average molecular weight is 296 g/mol. The van der Waals surface area contributed by atoms with Gasteiger partial charge in [0.2, 0.25) is 5.91 Å². The van der Waals surface area contributed by atoms with E-state index in [9.17, 15) is 4.79 Å². The van der Waals surface area contributed by atoms with Gasteiger partial charge in [-0.05, 0) is 13.3 Å². The molecule has 1 N–H and O–H groups in total. The first kappa shape index (κ1) is 15.2. The van der Waals surface area contributed by atoms with E-state index in [1.165, 1.54) is 0 Å². The molecule has 1 aromatic heterocycles. The van der Waals surface area contributed by atoms with Gasteiger partial charge in [-0.2, -0.15) is 0 Å². The molecular formula is C14H20N2O3S. The lowest BCUT2D eigenvalue weighted by Gasteiger charge is -2.31. The first-order chi connectivity index (χ1) is 9.79. The van der Waals surface area contributed by atoms with Crippen LogP contribution in [-0.4, -0.2) is 36.3 Å². The standard InChI is InChI=1S/C14H20N2O3S/c1-2-3-4-14(17)16-12-8-18-6-5-13(12)19-7-11-9-20-10-15-11/h2-3,9-10,12-13H,4-8H2,1H3,(H,16,17)/t12-,13+/m1/s1. The van der Waals surface area contributed by atoms with Crippen LogP contribution in [0.5, 0.6) is 0 Å². The fourth-order valence-electron chi connectivity index (χ4n) is 2.04. The normalized spacial score (nSPS) is 23.1. The third-order valence-electron chi connectivity index (χ3n) is 3.11. The van der Waals surface area contributed by atoms with Crippen molar-refractivity contribution < 1.29 is 14.3 Å². The smallest absolute Gasteiger partial charge is 0.224 e. The number of nitrogens with one attached hydrogen (secondary N) is 1. The van der Waals surface area contributed by atoms with Gasteiger partial charge >= 0.3 is 0 Å². The second kappa shape index (κ2) is 8.14. The molecule has 1 aliphatic heterocycles. The number of thiazole rings is 1. The van der Waals surface area contributed by atoms with Crippen molar-refractivity contribution in [3.05, 3.63) is 28.7 Å². The third-order valence-corrected chi connectivity index (χ3v) is 3.74. The predicted octanol–water partition coefficient (Wildman–Crippen LogP) is 1.90. The van der Waals surface area contributed by atoms with E-state index in [0.29, 0.717) is 26.2 Å². The van der Waals surface area contributed by atoms with E-state index in [0.717, 1.165) is 12.1 Å². The molecule has 1 fully saturated rings. The summed E-state index contributed by atoms with van der Waals surface area (Å²) >= 11 is 1.55. The SMILES string of the molecule is CC=CCC(=O)N[C@@H]1COCC[C@@H]1OCc1cscn1. The Morgan fingerprint density at radius 2 is 2.60 bits per heavy atom. The van der Waals surface area contributed by atoms with Crippen molar-refractivity contribution >= 4 is 17.2 Å². The highest BCUT2D eigenvalue weighted by Gasteiger charge is 2.27. The van der Waals surface area contributed by atoms with Crippen LogP contribution in [0.1, 0.15) is 25.5 Å². The Balaban J connectivity index is 1.83. The molecule has 0 unspecified atom stereocenters. The number of amides is 1. The Kier molecular flexibility index (Phi) is 6.17. The van der Waals surface area contributed by atoms with Crippen LogP contribution in [0.25, 0.3) is 0 Å². The zero-order valence-corrected chi connectivity index (χ0v) is 12.4. The summed E-state index contributed by atoms with van der Waals surface area (Å²) in [6.45, 7) is 3.55. The minimum atomic E-state index is -0.0832. The van der Waals surface area contributed by atoms with Crippen molar-refractivity contribution in [3.63, 3.8) is 0 Å². The van der Waals surface area contributed by atoms with Crippen molar-refractivity contribution in [3.8, 4) is 0 Å². The van der Waals surface area contributed by atoms with Crippen molar-refractivity contribution in [2.24, 2.45) is 0 Å². The molecule has 0 spiro atoms. The average Bonchev–Trinajstić information content (AvgIpc) is 2.97.